The van der Waals surface area contributed by atoms with Crippen LogP contribution in [0.15, 0.2) is 180 Å². The summed E-state index contributed by atoms with van der Waals surface area (Å²) in [4.78, 5) is 2.45. The monoisotopic (exact) mass is 745 g/mol. The van der Waals surface area contributed by atoms with Crippen LogP contribution >= 0.6 is 0 Å². The van der Waals surface area contributed by atoms with Gasteiger partial charge in [-0.1, -0.05) is 133 Å². The van der Waals surface area contributed by atoms with Crippen molar-refractivity contribution in [3.63, 3.8) is 0 Å². The molecular formula is C56H43NO. The van der Waals surface area contributed by atoms with Crippen LogP contribution in [-0.4, -0.2) is 0 Å². The van der Waals surface area contributed by atoms with Gasteiger partial charge < -0.3 is 9.32 Å². The van der Waals surface area contributed by atoms with Crippen molar-refractivity contribution in [3.05, 3.63) is 187 Å². The van der Waals surface area contributed by atoms with Gasteiger partial charge in [0.05, 0.1) is 16.8 Å². The average Bonchev–Trinajstić information content (AvgIpc) is 3.80. The second kappa shape index (κ2) is 12.3. The van der Waals surface area contributed by atoms with Crippen LogP contribution in [0.3, 0.4) is 0 Å². The zero-order valence-corrected chi connectivity index (χ0v) is 32.4. The van der Waals surface area contributed by atoms with Crippen LogP contribution in [0.2, 0.25) is 0 Å². The Kier molecular flexibility index (Phi) is 6.94. The Morgan fingerprint density at radius 3 is 1.84 bits per heavy atom. The molecule has 4 fully saturated rings. The Balaban J connectivity index is 1.01. The number of nitrogens with zero attached hydrogens (tertiary/aromatic N) is 1. The molecule has 8 aromatic carbocycles. The lowest BCUT2D eigenvalue weighted by atomic mass is 9.43. The Morgan fingerprint density at radius 2 is 1.03 bits per heavy atom. The van der Waals surface area contributed by atoms with E-state index in [-0.39, 0.29) is 5.41 Å². The second-order valence-corrected chi connectivity index (χ2v) is 17.7. The van der Waals surface area contributed by atoms with Gasteiger partial charge in [0.2, 0.25) is 0 Å². The molecule has 58 heavy (non-hydrogen) atoms. The van der Waals surface area contributed by atoms with Crippen molar-refractivity contribution < 1.29 is 4.42 Å². The van der Waals surface area contributed by atoms with E-state index < -0.39 is 0 Å². The molecular weight excluding hydrogens is 703 g/mol. The van der Waals surface area contributed by atoms with E-state index in [4.69, 9.17) is 4.42 Å². The Hall–Kier alpha value is -6.38. The van der Waals surface area contributed by atoms with Gasteiger partial charge in [-0.3, -0.25) is 0 Å². The van der Waals surface area contributed by atoms with Crippen molar-refractivity contribution in [2.45, 2.75) is 37.5 Å². The van der Waals surface area contributed by atoms with Gasteiger partial charge in [0, 0.05) is 21.9 Å². The third-order valence-electron chi connectivity index (χ3n) is 14.9. The van der Waals surface area contributed by atoms with Crippen molar-refractivity contribution in [3.8, 4) is 33.4 Å². The third-order valence-corrected chi connectivity index (χ3v) is 14.9. The fourth-order valence-electron chi connectivity index (χ4n) is 12.8. The van der Waals surface area contributed by atoms with Crippen molar-refractivity contribution in [1.29, 1.82) is 0 Å². The highest BCUT2D eigenvalue weighted by Gasteiger charge is 2.61. The number of anilines is 3. The van der Waals surface area contributed by atoms with Gasteiger partial charge in [0.25, 0.3) is 0 Å². The first-order chi connectivity index (χ1) is 28.7. The molecule has 0 unspecified atom stereocenters. The number of para-hydroxylation sites is 1. The number of hydrogen-bond donors (Lipinski definition) is 0. The molecule has 4 saturated carbocycles. The summed E-state index contributed by atoms with van der Waals surface area (Å²) in [6.07, 6.45) is 7.04. The van der Waals surface area contributed by atoms with Crippen LogP contribution in [0.5, 0.6) is 0 Å². The van der Waals surface area contributed by atoms with E-state index in [1.54, 1.807) is 11.1 Å². The van der Waals surface area contributed by atoms with Crippen LogP contribution in [0.25, 0.3) is 66.1 Å². The minimum atomic E-state index is 0.139. The standard InChI is InChI=1S/C56H43NO/c1-2-11-37(12-3-1)38-21-24-42(25-22-38)57(52-18-10-20-54-55(52)48-16-7-9-19-53(48)58-54)51-28-27-43(44-13-4-5-15-47(44)51)39-23-26-46-45-14-6-8-17-49(45)56(50(46)34-39)40-30-35-29-36(32-40)33-41(56)31-35/h1-28,34-36,40-41H,29-33H2. The molecule has 5 aliphatic carbocycles. The predicted octanol–water partition coefficient (Wildman–Crippen LogP) is 15.3. The highest BCUT2D eigenvalue weighted by atomic mass is 16.3. The summed E-state index contributed by atoms with van der Waals surface area (Å²) in [5.74, 6) is 3.33. The van der Waals surface area contributed by atoms with E-state index in [1.807, 2.05) is 0 Å². The van der Waals surface area contributed by atoms with Crippen molar-refractivity contribution in [2.75, 3.05) is 4.90 Å². The maximum atomic E-state index is 6.47. The van der Waals surface area contributed by atoms with Gasteiger partial charge in [-0.25, -0.2) is 0 Å². The summed E-state index contributed by atoms with van der Waals surface area (Å²) in [6, 6.07) is 65.4. The van der Waals surface area contributed by atoms with E-state index >= 15 is 0 Å². The van der Waals surface area contributed by atoms with Crippen LogP contribution < -0.4 is 4.90 Å². The van der Waals surface area contributed by atoms with E-state index in [2.05, 4.69) is 181 Å². The molecule has 278 valence electrons. The number of fused-ring (bicyclic) bond motifs is 7. The fraction of sp³-hybridized carbons (Fsp3) is 0.179. The largest absolute Gasteiger partial charge is 0.456 e. The number of rotatable bonds is 5. The molecule has 14 rings (SSSR count). The first-order valence-electron chi connectivity index (χ1n) is 21.3. The van der Waals surface area contributed by atoms with E-state index in [0.717, 1.165) is 62.7 Å². The summed E-state index contributed by atoms with van der Waals surface area (Å²) >= 11 is 0. The summed E-state index contributed by atoms with van der Waals surface area (Å²) in [7, 11) is 0. The normalized spacial score (nSPS) is 22.6. The lowest BCUT2D eigenvalue weighted by Gasteiger charge is -2.61. The van der Waals surface area contributed by atoms with E-state index in [1.165, 1.54) is 76.3 Å². The summed E-state index contributed by atoms with van der Waals surface area (Å²) in [5, 5.41) is 4.74. The zero-order valence-electron chi connectivity index (χ0n) is 32.4. The molecule has 0 radical (unpaired) electrons. The van der Waals surface area contributed by atoms with Crippen LogP contribution in [0, 0.1) is 23.7 Å². The van der Waals surface area contributed by atoms with Crippen molar-refractivity contribution >= 4 is 49.8 Å². The number of furan rings is 1. The fourth-order valence-corrected chi connectivity index (χ4v) is 12.8. The number of benzene rings is 8. The molecule has 0 N–H and O–H groups in total. The lowest BCUT2D eigenvalue weighted by molar-refractivity contribution is -0.0399. The molecule has 2 nitrogen and oxygen atoms in total. The molecule has 0 aliphatic heterocycles. The number of hydrogen-bond acceptors (Lipinski definition) is 2. The predicted molar refractivity (Wildman–Crippen MR) is 240 cm³/mol. The maximum Gasteiger partial charge on any atom is 0.137 e. The molecule has 4 bridgehead atoms. The van der Waals surface area contributed by atoms with Crippen molar-refractivity contribution in [1.82, 2.24) is 0 Å². The summed E-state index contributed by atoms with van der Waals surface area (Å²) in [6.45, 7) is 0. The maximum absolute atomic E-state index is 6.47. The molecule has 9 aromatic rings. The molecule has 5 aliphatic rings. The molecule has 0 saturated heterocycles. The minimum absolute atomic E-state index is 0.139. The van der Waals surface area contributed by atoms with Gasteiger partial charge in [-0.2, -0.15) is 0 Å². The smallest absolute Gasteiger partial charge is 0.137 e. The Bertz CT molecular complexity index is 3050. The van der Waals surface area contributed by atoms with Gasteiger partial charge in [-0.15, -0.1) is 0 Å². The van der Waals surface area contributed by atoms with E-state index in [9.17, 15) is 0 Å². The highest BCUT2D eigenvalue weighted by molar-refractivity contribution is 6.15. The van der Waals surface area contributed by atoms with Gasteiger partial charge >= 0.3 is 0 Å². The SMILES string of the molecule is c1ccc(-c2ccc(N(c3ccc(-c4ccc5c(c4)C4(c6ccccc6-5)C5CC6CC(C5)CC4C6)c4ccccc34)c3cccc4oc5ccccc5c34)cc2)cc1. The molecule has 2 heteroatoms. The molecule has 1 heterocycles. The third kappa shape index (κ3) is 4.55. The Labute approximate surface area is 339 Å². The van der Waals surface area contributed by atoms with Gasteiger partial charge in [0.1, 0.15) is 11.2 Å². The van der Waals surface area contributed by atoms with Crippen LogP contribution in [0.4, 0.5) is 17.1 Å². The second-order valence-electron chi connectivity index (χ2n) is 17.7. The first-order valence-corrected chi connectivity index (χ1v) is 21.3. The van der Waals surface area contributed by atoms with Gasteiger partial charge in [0.15, 0.2) is 0 Å². The minimum Gasteiger partial charge on any atom is -0.456 e. The van der Waals surface area contributed by atoms with Crippen molar-refractivity contribution in [2.24, 2.45) is 23.7 Å². The average molecular weight is 746 g/mol. The lowest BCUT2D eigenvalue weighted by Crippen LogP contribution is -2.55. The van der Waals surface area contributed by atoms with E-state index in [0.29, 0.717) is 0 Å². The molecule has 0 amide bonds. The van der Waals surface area contributed by atoms with Crippen LogP contribution in [0.1, 0.15) is 43.2 Å². The Morgan fingerprint density at radius 1 is 0.414 bits per heavy atom. The van der Waals surface area contributed by atoms with Crippen LogP contribution in [-0.2, 0) is 5.41 Å². The first kappa shape index (κ1) is 32.7. The summed E-state index contributed by atoms with van der Waals surface area (Å²) < 4.78 is 6.47. The molecule has 0 atom stereocenters. The quantitative estimate of drug-likeness (QED) is 0.174. The molecule has 1 aromatic heterocycles. The molecule has 1 spiro atoms. The highest BCUT2D eigenvalue weighted by Crippen LogP contribution is 2.69. The summed E-state index contributed by atoms with van der Waals surface area (Å²) in [5.41, 5.74) is 16.5. The van der Waals surface area contributed by atoms with Gasteiger partial charge in [-0.05, 0) is 148 Å². The zero-order chi connectivity index (χ0) is 38.0. The topological polar surface area (TPSA) is 16.4 Å².